The molecule has 4 aliphatic rings. The maximum absolute atomic E-state index is 11.9. The Kier molecular flexibility index (Phi) is 7.14. The molecule has 2 aromatic carbocycles. The molecule has 1 N–H and O–H groups in total. The third-order valence-electron chi connectivity index (χ3n) is 9.55. The maximum Gasteiger partial charge on any atom is 0.335 e. The van der Waals surface area contributed by atoms with Gasteiger partial charge in [0.2, 0.25) is 0 Å². The number of fused-ring (bicyclic) bond motifs is 3. The van der Waals surface area contributed by atoms with Crippen LogP contribution in [0.5, 0.6) is 0 Å². The first-order chi connectivity index (χ1) is 20.9. The standard InChI is InChI=1S/C32H31Cl2N3O5S/c33-23-2-1-3-24(34)27(23)29-22(30(42-36-29)17-4-5-17)15-41-25-13-20-10-19(25)14-37(20)32-35-28-21(16-6-8-40-9-7-16)11-18(31(38)39)12-26(28)43-32/h1-3,11-12,16-17,19-20,25H,4-10,13-15H2,(H,38,39)/t19-,20-,25+/m0/s1. The molecule has 2 saturated heterocycles. The summed E-state index contributed by atoms with van der Waals surface area (Å²) >= 11 is 14.7. The lowest BCUT2D eigenvalue weighted by Gasteiger charge is -2.31. The summed E-state index contributed by atoms with van der Waals surface area (Å²) in [6.07, 6.45) is 6.05. The minimum Gasteiger partial charge on any atom is -0.478 e. The quantitative estimate of drug-likeness (QED) is 0.208. The van der Waals surface area contributed by atoms with Crippen molar-refractivity contribution in [1.82, 2.24) is 10.1 Å². The predicted molar refractivity (Wildman–Crippen MR) is 166 cm³/mol. The largest absolute Gasteiger partial charge is 0.478 e. The number of hydrogen-bond donors (Lipinski definition) is 1. The Labute approximate surface area is 262 Å². The normalized spacial score (nSPS) is 24.0. The molecule has 2 aliphatic carbocycles. The van der Waals surface area contributed by atoms with Crippen LogP contribution in [0.1, 0.15) is 77.6 Å². The molecule has 0 amide bonds. The van der Waals surface area contributed by atoms with Gasteiger partial charge in [-0.25, -0.2) is 9.78 Å². The van der Waals surface area contributed by atoms with Crippen molar-refractivity contribution in [2.24, 2.45) is 5.92 Å². The first kappa shape index (κ1) is 27.8. The van der Waals surface area contributed by atoms with Gasteiger partial charge in [0.1, 0.15) is 11.5 Å². The van der Waals surface area contributed by atoms with E-state index in [9.17, 15) is 9.90 Å². The molecule has 11 heteroatoms. The number of aromatic carboxylic acids is 1. The number of carboxylic acids is 1. The number of hydrogen-bond acceptors (Lipinski definition) is 8. The van der Waals surface area contributed by atoms with Crippen molar-refractivity contribution < 1.29 is 23.9 Å². The summed E-state index contributed by atoms with van der Waals surface area (Å²) in [4.78, 5) is 19.5. The van der Waals surface area contributed by atoms with E-state index in [2.05, 4.69) is 10.1 Å². The summed E-state index contributed by atoms with van der Waals surface area (Å²) < 4.78 is 19.0. The number of aromatic nitrogens is 2. The van der Waals surface area contributed by atoms with Crippen molar-refractivity contribution in [2.45, 2.75) is 69.1 Å². The van der Waals surface area contributed by atoms with E-state index in [0.717, 1.165) is 77.3 Å². The van der Waals surface area contributed by atoms with E-state index < -0.39 is 5.97 Å². The molecule has 43 heavy (non-hydrogen) atoms. The third kappa shape index (κ3) is 5.03. The lowest BCUT2D eigenvalue weighted by atomic mass is 9.90. The highest BCUT2D eigenvalue weighted by Gasteiger charge is 2.47. The van der Waals surface area contributed by atoms with Crippen LogP contribution in [0.25, 0.3) is 21.5 Å². The fourth-order valence-electron chi connectivity index (χ4n) is 7.19. The number of thiazole rings is 1. The second kappa shape index (κ2) is 11.0. The fraction of sp³-hybridized carbons (Fsp3) is 0.469. The SMILES string of the molecule is O=C(O)c1cc(C2CCOCC2)c2nc(N3C[C@@H]4C[C@H]3C[C@H]4OCc3c(-c4c(Cl)cccc4Cl)noc3C3CC3)sc2c1. The second-order valence-corrected chi connectivity index (χ2v) is 14.1. The number of piperidine rings is 1. The van der Waals surface area contributed by atoms with Crippen molar-refractivity contribution in [1.29, 1.82) is 0 Å². The van der Waals surface area contributed by atoms with Gasteiger partial charge in [0, 0.05) is 48.8 Å². The van der Waals surface area contributed by atoms with Crippen molar-refractivity contribution >= 4 is 55.9 Å². The molecule has 0 spiro atoms. The number of benzene rings is 2. The Morgan fingerprint density at radius 1 is 1.09 bits per heavy atom. The van der Waals surface area contributed by atoms with Gasteiger partial charge in [-0.15, -0.1) is 0 Å². The van der Waals surface area contributed by atoms with Gasteiger partial charge in [-0.3, -0.25) is 0 Å². The third-order valence-corrected chi connectivity index (χ3v) is 11.2. The fourth-order valence-corrected chi connectivity index (χ4v) is 8.89. The number of carbonyl (C=O) groups is 1. The molecular weight excluding hydrogens is 609 g/mol. The minimum absolute atomic E-state index is 0.128. The number of carboxylic acid groups (broad SMARTS) is 1. The molecule has 8 nitrogen and oxygen atoms in total. The van der Waals surface area contributed by atoms with Crippen LogP contribution in [0, 0.1) is 5.92 Å². The van der Waals surface area contributed by atoms with Gasteiger partial charge in [-0.2, -0.15) is 0 Å². The van der Waals surface area contributed by atoms with E-state index >= 15 is 0 Å². The van der Waals surface area contributed by atoms with Crippen LogP contribution in [-0.2, 0) is 16.1 Å². The predicted octanol–water partition coefficient (Wildman–Crippen LogP) is 7.91. The van der Waals surface area contributed by atoms with Crippen LogP contribution >= 0.6 is 34.5 Å². The van der Waals surface area contributed by atoms with E-state index in [4.69, 9.17) is 42.2 Å². The Balaban J connectivity index is 1.01. The van der Waals surface area contributed by atoms with Crippen molar-refractivity contribution in [3.63, 3.8) is 0 Å². The first-order valence-electron chi connectivity index (χ1n) is 15.0. The number of anilines is 1. The van der Waals surface area contributed by atoms with Crippen LogP contribution in [0.4, 0.5) is 5.13 Å². The number of ether oxygens (including phenoxy) is 2. The average Bonchev–Trinajstić information content (AvgIpc) is 3.32. The van der Waals surface area contributed by atoms with E-state index in [0.29, 0.717) is 64.6 Å². The second-order valence-electron chi connectivity index (χ2n) is 12.2. The molecule has 4 aromatic rings. The molecule has 3 atom stereocenters. The first-order valence-corrected chi connectivity index (χ1v) is 16.6. The van der Waals surface area contributed by atoms with Crippen molar-refractivity contribution in [2.75, 3.05) is 24.7 Å². The highest BCUT2D eigenvalue weighted by atomic mass is 35.5. The molecule has 4 heterocycles. The van der Waals surface area contributed by atoms with Gasteiger partial charge >= 0.3 is 5.97 Å². The molecule has 2 saturated carbocycles. The maximum atomic E-state index is 11.9. The van der Waals surface area contributed by atoms with E-state index in [1.165, 1.54) is 0 Å². The lowest BCUT2D eigenvalue weighted by Crippen LogP contribution is -2.38. The number of nitrogens with zero attached hydrogens (tertiary/aromatic N) is 3. The smallest absolute Gasteiger partial charge is 0.335 e. The Bertz CT molecular complexity index is 1690. The highest BCUT2D eigenvalue weighted by molar-refractivity contribution is 7.22. The summed E-state index contributed by atoms with van der Waals surface area (Å²) in [5.74, 6) is 1.03. The van der Waals surface area contributed by atoms with Crippen molar-refractivity contribution in [3.8, 4) is 11.3 Å². The van der Waals surface area contributed by atoms with Crippen molar-refractivity contribution in [3.05, 3.63) is 62.8 Å². The Hall–Kier alpha value is -2.69. The molecule has 2 aliphatic heterocycles. The average molecular weight is 641 g/mol. The zero-order valence-corrected chi connectivity index (χ0v) is 25.8. The summed E-state index contributed by atoms with van der Waals surface area (Å²) in [6.45, 7) is 2.67. The van der Waals surface area contributed by atoms with Gasteiger partial charge in [0.15, 0.2) is 5.13 Å². The molecular formula is C32H31Cl2N3O5S. The number of halogens is 2. The molecule has 4 fully saturated rings. The molecule has 2 bridgehead atoms. The van der Waals surface area contributed by atoms with E-state index in [-0.39, 0.29) is 12.0 Å². The van der Waals surface area contributed by atoms with Crippen LogP contribution in [0.3, 0.4) is 0 Å². The Morgan fingerprint density at radius 3 is 2.58 bits per heavy atom. The van der Waals surface area contributed by atoms with Gasteiger partial charge < -0.3 is 24.0 Å². The zero-order chi connectivity index (χ0) is 29.2. The van der Waals surface area contributed by atoms with Gasteiger partial charge in [-0.1, -0.05) is 45.8 Å². The summed E-state index contributed by atoms with van der Waals surface area (Å²) in [6, 6.07) is 9.41. The van der Waals surface area contributed by atoms with E-state index in [1.807, 2.05) is 24.3 Å². The van der Waals surface area contributed by atoms with Crippen LogP contribution in [-0.4, -0.2) is 53.1 Å². The lowest BCUT2D eigenvalue weighted by molar-refractivity contribution is 0.0122. The van der Waals surface area contributed by atoms with Crippen LogP contribution in [0.15, 0.2) is 34.9 Å². The summed E-state index contributed by atoms with van der Waals surface area (Å²) in [5, 5.41) is 16.3. The highest BCUT2D eigenvalue weighted by Crippen LogP contribution is 2.48. The van der Waals surface area contributed by atoms with Crippen LogP contribution in [0.2, 0.25) is 10.0 Å². The minimum atomic E-state index is -0.900. The van der Waals surface area contributed by atoms with Gasteiger partial charge in [0.05, 0.1) is 38.5 Å². The van der Waals surface area contributed by atoms with Gasteiger partial charge in [0.25, 0.3) is 0 Å². The molecule has 0 radical (unpaired) electrons. The molecule has 8 rings (SSSR count). The topological polar surface area (TPSA) is 97.9 Å². The van der Waals surface area contributed by atoms with Gasteiger partial charge in [-0.05, 0) is 74.3 Å². The summed E-state index contributed by atoms with van der Waals surface area (Å²) in [5.41, 5.74) is 4.65. The zero-order valence-electron chi connectivity index (χ0n) is 23.4. The van der Waals surface area contributed by atoms with E-state index in [1.54, 1.807) is 17.4 Å². The molecule has 224 valence electrons. The molecule has 0 unspecified atom stereocenters. The molecule has 2 aromatic heterocycles. The monoisotopic (exact) mass is 639 g/mol. The summed E-state index contributed by atoms with van der Waals surface area (Å²) in [7, 11) is 0. The Morgan fingerprint density at radius 2 is 1.88 bits per heavy atom. The number of rotatable bonds is 8. The van der Waals surface area contributed by atoms with Crippen LogP contribution < -0.4 is 4.90 Å².